The van der Waals surface area contributed by atoms with Gasteiger partial charge in [0.2, 0.25) is 0 Å². The maximum atomic E-state index is 4.29. The molecule has 0 amide bonds. The number of benzene rings is 2. The van der Waals surface area contributed by atoms with Crippen LogP contribution in [0, 0.1) is 0 Å². The summed E-state index contributed by atoms with van der Waals surface area (Å²) in [4.78, 5) is 4.29. The molecule has 0 N–H and O–H groups in total. The van der Waals surface area contributed by atoms with Gasteiger partial charge < -0.3 is 0 Å². The van der Waals surface area contributed by atoms with Crippen molar-refractivity contribution < 1.29 is 18.3 Å². The first-order valence-corrected chi connectivity index (χ1v) is 7.75. The van der Waals surface area contributed by atoms with E-state index in [-0.39, 0.29) is 17.0 Å². The Morgan fingerprint density at radius 1 is 0.650 bits per heavy atom. The maximum absolute atomic E-state index is 4.29. The van der Waals surface area contributed by atoms with E-state index in [1.807, 2.05) is 12.3 Å². The van der Waals surface area contributed by atoms with Crippen molar-refractivity contribution in [3.05, 3.63) is 72.9 Å². The number of hydrogen-bond acceptors (Lipinski definition) is 1. The van der Waals surface area contributed by atoms with E-state index in [9.17, 15) is 0 Å². The second-order valence-electron chi connectivity index (χ2n) is 4.48. The van der Waals surface area contributed by atoms with Gasteiger partial charge in [-0.25, -0.2) is 0 Å². The molecule has 0 unspecified atom stereocenters. The number of hydrogen-bond donors (Lipinski definition) is 0. The van der Waals surface area contributed by atoms with Gasteiger partial charge in [0.05, 0.1) is 0 Å². The van der Waals surface area contributed by atoms with Crippen LogP contribution in [-0.4, -0.2) is 4.98 Å². The first-order chi connectivity index (χ1) is 9.33. The second kappa shape index (κ2) is 6.92. The van der Waals surface area contributed by atoms with Crippen LogP contribution < -0.4 is 4.29 Å². The molecule has 0 fully saturated rings. The average Bonchev–Trinajstić information content (AvgIpc) is 2.48. The molecule has 0 aliphatic rings. The topological polar surface area (TPSA) is 12.9 Å². The summed E-state index contributed by atoms with van der Waals surface area (Å²) >= 11 is 1.09. The molecule has 0 spiro atoms. The molecule has 2 aromatic carbocycles. The summed E-state index contributed by atoms with van der Waals surface area (Å²) in [5, 5.41) is 0. The molecule has 0 aliphatic heterocycles. The molecule has 0 saturated carbocycles. The number of nitrogens with zero attached hydrogens (tertiary/aromatic N) is 1. The molecule has 0 atom stereocenters. The normalized spacial score (nSPS) is 9.90. The molecule has 0 saturated heterocycles. The molecular weight excluding hydrogens is 363 g/mol. The van der Waals surface area contributed by atoms with Gasteiger partial charge in [-0.3, -0.25) is 0 Å². The van der Waals surface area contributed by atoms with Gasteiger partial charge in [0.25, 0.3) is 0 Å². The zero-order valence-electron chi connectivity index (χ0n) is 11.0. The average molecular weight is 377 g/mol. The van der Waals surface area contributed by atoms with Crippen LogP contribution in [0.5, 0.6) is 0 Å². The van der Waals surface area contributed by atoms with Crippen molar-refractivity contribution in [1.82, 2.24) is 4.98 Å². The van der Waals surface area contributed by atoms with Gasteiger partial charge in [-0.1, -0.05) is 0 Å². The Balaban J connectivity index is 0.00000147. The summed E-state index contributed by atoms with van der Waals surface area (Å²) in [5.74, 6) is 0. The monoisotopic (exact) mass is 374 g/mol. The quantitative estimate of drug-likeness (QED) is 0.612. The third kappa shape index (κ3) is 3.42. The zero-order valence-corrected chi connectivity index (χ0v) is 15.7. The summed E-state index contributed by atoms with van der Waals surface area (Å²) in [5.41, 5.74) is 5.00. The molecule has 3 aromatic rings. The van der Waals surface area contributed by atoms with Gasteiger partial charge in [0.15, 0.2) is 0 Å². The van der Waals surface area contributed by atoms with E-state index in [1.165, 1.54) is 26.5 Å². The number of rotatable bonds is 2. The van der Waals surface area contributed by atoms with Crippen LogP contribution in [0.15, 0.2) is 72.9 Å². The number of halogens is 1. The van der Waals surface area contributed by atoms with Crippen LogP contribution in [0.3, 0.4) is 0 Å². The molecule has 0 aliphatic carbocycles. The van der Waals surface area contributed by atoms with E-state index >= 15 is 0 Å². The van der Waals surface area contributed by atoms with Gasteiger partial charge in [0.1, 0.15) is 0 Å². The molecular formula is C17H13BrNZn. The Morgan fingerprint density at radius 3 is 1.80 bits per heavy atom. The van der Waals surface area contributed by atoms with Crippen molar-refractivity contribution in [2.45, 2.75) is 0 Å². The van der Waals surface area contributed by atoms with E-state index in [4.69, 9.17) is 0 Å². The predicted molar refractivity (Wildman–Crippen MR) is 85.1 cm³/mol. The standard InChI is InChI=1S/C17H12N.BrH.Zn/c1-2-4-14(5-3-1)15-6-8-16(9-7-15)17-10-12-18-13-11-17;;/h1-12H;1H;. The molecule has 0 bridgehead atoms. The van der Waals surface area contributed by atoms with E-state index in [1.54, 1.807) is 0 Å². The fourth-order valence-electron chi connectivity index (χ4n) is 2.14. The van der Waals surface area contributed by atoms with Gasteiger partial charge in [0, 0.05) is 0 Å². The minimum atomic E-state index is 0. The second-order valence-corrected chi connectivity index (χ2v) is 6.00. The molecule has 1 aromatic heterocycles. The van der Waals surface area contributed by atoms with Crippen molar-refractivity contribution in [3.63, 3.8) is 0 Å². The van der Waals surface area contributed by atoms with E-state index < -0.39 is 0 Å². The van der Waals surface area contributed by atoms with Crippen LogP contribution in [0.2, 0.25) is 0 Å². The third-order valence-electron chi connectivity index (χ3n) is 3.14. The molecule has 1 nitrogen and oxygen atoms in total. The van der Waals surface area contributed by atoms with E-state index in [0.29, 0.717) is 0 Å². The molecule has 3 heteroatoms. The number of pyridine rings is 1. The van der Waals surface area contributed by atoms with Crippen LogP contribution in [0.25, 0.3) is 22.3 Å². The van der Waals surface area contributed by atoms with E-state index in [0.717, 1.165) is 18.3 Å². The fourth-order valence-corrected chi connectivity index (χ4v) is 2.83. The zero-order chi connectivity index (χ0) is 13.1. The Morgan fingerprint density at radius 2 is 1.20 bits per heavy atom. The van der Waals surface area contributed by atoms with Gasteiger partial charge in [-0.05, 0) is 0 Å². The third-order valence-corrected chi connectivity index (χ3v) is 3.95. The predicted octanol–water partition coefficient (Wildman–Crippen LogP) is 4.17. The molecule has 1 heterocycles. The fraction of sp³-hybridized carbons (Fsp3) is 0. The summed E-state index contributed by atoms with van der Waals surface area (Å²) in [7, 11) is 0. The Bertz CT molecular complexity index is 681. The molecule has 0 radical (unpaired) electrons. The first-order valence-electron chi connectivity index (χ1n) is 6.27. The summed E-state index contributed by atoms with van der Waals surface area (Å²) < 4.78 is 1.17. The Kier molecular flexibility index (Phi) is 5.22. The van der Waals surface area contributed by atoms with Crippen molar-refractivity contribution >= 4 is 21.3 Å². The van der Waals surface area contributed by atoms with Gasteiger partial charge >= 0.3 is 123 Å². The molecule has 20 heavy (non-hydrogen) atoms. The Labute approximate surface area is 139 Å². The first kappa shape index (κ1) is 15.1. The Hall–Kier alpha value is -1.31. The van der Waals surface area contributed by atoms with Crippen molar-refractivity contribution in [1.29, 1.82) is 0 Å². The van der Waals surface area contributed by atoms with Crippen LogP contribution >= 0.6 is 17.0 Å². The van der Waals surface area contributed by atoms with Crippen molar-refractivity contribution in [2.75, 3.05) is 0 Å². The summed E-state index contributed by atoms with van der Waals surface area (Å²) in [6.45, 7) is 0. The number of aromatic nitrogens is 1. The van der Waals surface area contributed by atoms with Crippen molar-refractivity contribution in [2.24, 2.45) is 0 Å². The summed E-state index contributed by atoms with van der Waals surface area (Å²) in [6.07, 6.45) is 1.89. The van der Waals surface area contributed by atoms with Gasteiger partial charge in [-0.2, -0.15) is 0 Å². The van der Waals surface area contributed by atoms with Crippen LogP contribution in [-0.2, 0) is 18.3 Å². The van der Waals surface area contributed by atoms with Gasteiger partial charge in [-0.15, -0.1) is 17.0 Å². The van der Waals surface area contributed by atoms with Crippen LogP contribution in [0.4, 0.5) is 0 Å². The van der Waals surface area contributed by atoms with Crippen LogP contribution in [0.1, 0.15) is 0 Å². The molecule has 3 rings (SSSR count). The minimum absolute atomic E-state index is 0. The molecule has 95 valence electrons. The summed E-state index contributed by atoms with van der Waals surface area (Å²) in [6, 6.07) is 23.4. The SMILES string of the molecule is Br.[Zn][c]1cc(-c2ccc(-c3ccccc3)cc2)ccn1. The van der Waals surface area contributed by atoms with E-state index in [2.05, 4.69) is 65.6 Å². The van der Waals surface area contributed by atoms with Crippen molar-refractivity contribution in [3.8, 4) is 22.3 Å².